The highest BCUT2D eigenvalue weighted by atomic mass is 32.2. The average Bonchev–Trinajstić information content (AvgIpc) is 2.70. The Balaban J connectivity index is 2.89. The number of non-ortho nitro benzene ring substituents is 1. The molecule has 0 aliphatic carbocycles. The van der Waals surface area contributed by atoms with E-state index < -0.39 is 52.3 Å². The fraction of sp³-hybridized carbons (Fsp3) is 0.545. The number of amides is 2. The molecule has 0 unspecified atom stereocenters. The summed E-state index contributed by atoms with van der Waals surface area (Å²) in [6.45, 7) is 9.32. The van der Waals surface area contributed by atoms with Crippen molar-refractivity contribution < 1.29 is 43.4 Å². The second-order valence-electron chi connectivity index (χ2n) is 9.50. The number of hydrogen-bond donors (Lipinski definition) is 2. The number of nitrogens with two attached hydrogens (primary N) is 1. The molecule has 1 aromatic rings. The maximum atomic E-state index is 12.7. The summed E-state index contributed by atoms with van der Waals surface area (Å²) in [5.74, 6) is -2.77. The molecule has 0 saturated heterocycles. The first-order chi connectivity index (χ1) is 16.4. The number of nitro benzene ring substituents is 1. The van der Waals surface area contributed by atoms with Crippen LogP contribution in [-0.4, -0.2) is 73.8 Å². The molecule has 36 heavy (non-hydrogen) atoms. The highest BCUT2D eigenvalue weighted by Crippen LogP contribution is 2.21. The quantitative estimate of drug-likeness (QED) is 0.206. The van der Waals surface area contributed by atoms with Crippen LogP contribution in [0.2, 0.25) is 0 Å². The Bertz CT molecular complexity index is 942. The molecule has 0 heterocycles. The molecule has 1 aromatic carbocycles. The molecule has 14 heteroatoms. The van der Waals surface area contributed by atoms with E-state index in [1.54, 1.807) is 41.5 Å². The Morgan fingerprint density at radius 1 is 1.00 bits per heavy atom. The summed E-state index contributed by atoms with van der Waals surface area (Å²) in [4.78, 5) is 60.1. The van der Waals surface area contributed by atoms with Gasteiger partial charge in [-0.15, -0.1) is 0 Å². The lowest BCUT2D eigenvalue weighted by Gasteiger charge is -2.31. The summed E-state index contributed by atoms with van der Waals surface area (Å²) >= 11 is 0.889. The van der Waals surface area contributed by atoms with Gasteiger partial charge in [-0.25, -0.2) is 19.2 Å². The van der Waals surface area contributed by atoms with Crippen LogP contribution in [0.5, 0.6) is 5.75 Å². The molecule has 0 fully saturated rings. The zero-order valence-electron chi connectivity index (χ0n) is 20.9. The molecule has 3 N–H and O–H groups in total. The van der Waals surface area contributed by atoms with E-state index in [4.69, 9.17) is 19.9 Å². The van der Waals surface area contributed by atoms with Gasteiger partial charge in [-0.1, -0.05) is 0 Å². The van der Waals surface area contributed by atoms with E-state index in [1.807, 2.05) is 0 Å². The average molecular weight is 530 g/mol. The number of esters is 1. The molecule has 2 atom stereocenters. The first-order valence-electron chi connectivity index (χ1n) is 10.7. The second kappa shape index (κ2) is 12.5. The summed E-state index contributed by atoms with van der Waals surface area (Å²) < 4.78 is 15.5. The topological polar surface area (TPSA) is 189 Å². The highest BCUT2D eigenvalue weighted by Gasteiger charge is 2.40. The third-order valence-electron chi connectivity index (χ3n) is 3.92. The zero-order chi connectivity index (χ0) is 27.8. The van der Waals surface area contributed by atoms with Crippen molar-refractivity contribution in [1.29, 1.82) is 0 Å². The number of nitro groups is 1. The minimum absolute atomic E-state index is 0.0375. The SMILES string of the molecule is CC(C)(C)OC(=O)N(C(=O)OC(C)(C)C)[C@@H](CSC[C@H](N)C(=O)Oc1ccc([N+](=O)[O-])cc1)C(=O)O. The number of nitrogens with zero attached hydrogens (tertiary/aromatic N) is 2. The van der Waals surface area contributed by atoms with Crippen LogP contribution in [0.4, 0.5) is 15.3 Å². The van der Waals surface area contributed by atoms with E-state index in [9.17, 15) is 34.4 Å². The van der Waals surface area contributed by atoms with Crippen molar-refractivity contribution in [2.24, 2.45) is 5.73 Å². The lowest BCUT2D eigenvalue weighted by molar-refractivity contribution is -0.384. The number of carbonyl (C=O) groups is 4. The van der Waals surface area contributed by atoms with E-state index >= 15 is 0 Å². The molecular formula is C22H31N3O10S. The van der Waals surface area contributed by atoms with Gasteiger partial charge in [-0.2, -0.15) is 16.7 Å². The number of carboxylic acid groups (broad SMARTS) is 1. The van der Waals surface area contributed by atoms with E-state index in [-0.39, 0.29) is 22.9 Å². The standard InChI is InChI=1S/C22H31N3O10S/c1-21(2,3)34-19(29)24(20(30)35-22(4,5)6)16(17(26)27)12-36-11-15(23)18(28)33-14-9-7-13(8-10-14)25(31)32/h7-10,15-16H,11-12,23H2,1-6H3,(H,26,27)/t15-,16-/m0/s1. The van der Waals surface area contributed by atoms with Crippen molar-refractivity contribution >= 4 is 41.6 Å². The van der Waals surface area contributed by atoms with Gasteiger partial charge in [0.2, 0.25) is 0 Å². The number of rotatable bonds is 9. The number of hydrogen-bond acceptors (Lipinski definition) is 11. The smallest absolute Gasteiger partial charge is 0.420 e. The van der Waals surface area contributed by atoms with Gasteiger partial charge in [0.15, 0.2) is 6.04 Å². The lowest BCUT2D eigenvalue weighted by Crippen LogP contribution is -2.53. The number of carbonyl (C=O) groups excluding carboxylic acids is 3. The maximum Gasteiger partial charge on any atom is 0.420 e. The summed E-state index contributed by atoms with van der Waals surface area (Å²) in [5, 5.41) is 20.4. The van der Waals surface area contributed by atoms with E-state index in [0.717, 1.165) is 23.9 Å². The van der Waals surface area contributed by atoms with Crippen LogP contribution in [0.1, 0.15) is 41.5 Å². The van der Waals surface area contributed by atoms with Crippen LogP contribution in [0.3, 0.4) is 0 Å². The largest absolute Gasteiger partial charge is 0.480 e. The summed E-state index contributed by atoms with van der Waals surface area (Å²) in [5.41, 5.74) is 3.60. The third-order valence-corrected chi connectivity index (χ3v) is 5.07. The Kier molecular flexibility index (Phi) is 10.7. The molecule has 0 spiro atoms. The van der Waals surface area contributed by atoms with Crippen molar-refractivity contribution in [2.45, 2.75) is 64.8 Å². The predicted octanol–water partition coefficient (Wildman–Crippen LogP) is 3.19. The highest BCUT2D eigenvalue weighted by molar-refractivity contribution is 7.99. The molecule has 1 rings (SSSR count). The van der Waals surface area contributed by atoms with E-state index in [0.29, 0.717) is 4.90 Å². The number of aliphatic carboxylic acids is 1. The number of imide groups is 1. The fourth-order valence-corrected chi connectivity index (χ4v) is 3.45. The Morgan fingerprint density at radius 2 is 1.47 bits per heavy atom. The molecule has 13 nitrogen and oxygen atoms in total. The molecule has 0 aliphatic rings. The molecule has 0 bridgehead atoms. The van der Waals surface area contributed by atoms with Crippen LogP contribution in [0.15, 0.2) is 24.3 Å². The zero-order valence-corrected chi connectivity index (χ0v) is 21.7. The molecule has 2 amide bonds. The first kappa shape index (κ1) is 30.6. The molecule has 0 saturated carbocycles. The molecule has 0 radical (unpaired) electrons. The summed E-state index contributed by atoms with van der Waals surface area (Å²) in [6.07, 6.45) is -2.40. The molecule has 0 aromatic heterocycles. The monoisotopic (exact) mass is 529 g/mol. The predicted molar refractivity (Wildman–Crippen MR) is 130 cm³/mol. The van der Waals surface area contributed by atoms with Crippen molar-refractivity contribution in [2.75, 3.05) is 11.5 Å². The van der Waals surface area contributed by atoms with Crippen LogP contribution in [-0.2, 0) is 19.1 Å². The number of ether oxygens (including phenoxy) is 3. The van der Waals surface area contributed by atoms with Crippen LogP contribution >= 0.6 is 11.8 Å². The van der Waals surface area contributed by atoms with Gasteiger partial charge in [0.05, 0.1) is 4.92 Å². The van der Waals surface area contributed by atoms with E-state index in [1.165, 1.54) is 12.1 Å². The second-order valence-corrected chi connectivity index (χ2v) is 10.6. The van der Waals surface area contributed by atoms with Gasteiger partial charge < -0.3 is 25.1 Å². The van der Waals surface area contributed by atoms with Gasteiger partial charge in [-0.3, -0.25) is 10.1 Å². The van der Waals surface area contributed by atoms with Gasteiger partial charge >= 0.3 is 24.1 Å². The first-order valence-corrected chi connectivity index (χ1v) is 11.8. The van der Waals surface area contributed by atoms with Gasteiger partial charge in [0.25, 0.3) is 5.69 Å². The minimum Gasteiger partial charge on any atom is -0.480 e. The van der Waals surface area contributed by atoms with Gasteiger partial charge in [0, 0.05) is 23.6 Å². The van der Waals surface area contributed by atoms with Crippen LogP contribution in [0.25, 0.3) is 0 Å². The number of thioether (sulfide) groups is 1. The minimum atomic E-state index is -1.68. The Labute approximate surface area is 212 Å². The maximum absolute atomic E-state index is 12.7. The van der Waals surface area contributed by atoms with Crippen molar-refractivity contribution in [3.8, 4) is 5.75 Å². The van der Waals surface area contributed by atoms with Crippen LogP contribution < -0.4 is 10.5 Å². The summed E-state index contributed by atoms with van der Waals surface area (Å²) in [6, 6.07) is 1.89. The number of carboxylic acids is 1. The van der Waals surface area contributed by atoms with Gasteiger partial charge in [-0.05, 0) is 53.7 Å². The van der Waals surface area contributed by atoms with E-state index in [2.05, 4.69) is 0 Å². The van der Waals surface area contributed by atoms with Crippen LogP contribution in [0, 0.1) is 10.1 Å². The lowest BCUT2D eigenvalue weighted by atomic mass is 10.2. The van der Waals surface area contributed by atoms with Crippen molar-refractivity contribution in [1.82, 2.24) is 4.90 Å². The Hall–Kier alpha value is -3.39. The van der Waals surface area contributed by atoms with Crippen molar-refractivity contribution in [3.63, 3.8) is 0 Å². The van der Waals surface area contributed by atoms with Gasteiger partial charge in [0.1, 0.15) is 23.0 Å². The third kappa shape index (κ3) is 10.5. The molecular weight excluding hydrogens is 498 g/mol. The Morgan fingerprint density at radius 3 is 1.86 bits per heavy atom. The fourth-order valence-electron chi connectivity index (χ4n) is 2.41. The summed E-state index contributed by atoms with van der Waals surface area (Å²) in [7, 11) is 0. The normalized spacial score (nSPS) is 13.2. The number of benzene rings is 1. The molecule has 0 aliphatic heterocycles. The van der Waals surface area contributed by atoms with Crippen molar-refractivity contribution in [3.05, 3.63) is 34.4 Å². The molecule has 200 valence electrons.